The van der Waals surface area contributed by atoms with Crippen molar-refractivity contribution in [3.8, 4) is 11.5 Å². The third-order valence-corrected chi connectivity index (χ3v) is 5.31. The van der Waals surface area contributed by atoms with E-state index in [0.29, 0.717) is 22.9 Å². The minimum absolute atomic E-state index is 0.0609. The molecule has 4 rings (SSSR count). The van der Waals surface area contributed by atoms with Crippen LogP contribution in [-0.4, -0.2) is 25.0 Å². The van der Waals surface area contributed by atoms with E-state index in [4.69, 9.17) is 21.1 Å². The van der Waals surface area contributed by atoms with Gasteiger partial charge in [0, 0.05) is 16.3 Å². The number of hydrogen-bond donors (Lipinski definition) is 1. The molecule has 0 saturated heterocycles. The van der Waals surface area contributed by atoms with Crippen molar-refractivity contribution in [1.82, 2.24) is 0 Å². The number of nitrogens with one attached hydrogen (secondary N) is 1. The Morgan fingerprint density at radius 1 is 1.19 bits per heavy atom. The van der Waals surface area contributed by atoms with E-state index in [1.165, 1.54) is 17.0 Å². The topological polar surface area (TPSA) is 67.9 Å². The number of amides is 2. The van der Waals surface area contributed by atoms with Gasteiger partial charge in [-0.2, -0.15) is 0 Å². The lowest BCUT2D eigenvalue weighted by molar-refractivity contribution is -0.121. The van der Waals surface area contributed by atoms with Gasteiger partial charge in [-0.3, -0.25) is 9.59 Å². The molecule has 0 radical (unpaired) electrons. The van der Waals surface area contributed by atoms with Crippen molar-refractivity contribution in [3.63, 3.8) is 0 Å². The third kappa shape index (κ3) is 4.84. The van der Waals surface area contributed by atoms with Gasteiger partial charge in [-0.1, -0.05) is 35.4 Å². The molecule has 3 aromatic carbocycles. The van der Waals surface area contributed by atoms with Crippen LogP contribution in [-0.2, 0) is 16.1 Å². The lowest BCUT2D eigenvalue weighted by Crippen LogP contribution is -2.38. The van der Waals surface area contributed by atoms with E-state index >= 15 is 0 Å². The number of rotatable bonds is 6. The summed E-state index contributed by atoms with van der Waals surface area (Å²) in [7, 11) is 0. The zero-order valence-corrected chi connectivity index (χ0v) is 18.0. The van der Waals surface area contributed by atoms with E-state index in [9.17, 15) is 14.0 Å². The molecule has 0 aromatic heterocycles. The van der Waals surface area contributed by atoms with Crippen LogP contribution in [0.25, 0.3) is 0 Å². The fourth-order valence-corrected chi connectivity index (χ4v) is 3.50. The Bertz CT molecular complexity index is 1150. The number of halogens is 2. The van der Waals surface area contributed by atoms with Crippen molar-refractivity contribution in [2.45, 2.75) is 13.5 Å². The molecule has 1 heterocycles. The molecule has 1 N–H and O–H groups in total. The van der Waals surface area contributed by atoms with Crippen LogP contribution < -0.4 is 19.7 Å². The number of fused-ring (bicyclic) bond motifs is 1. The van der Waals surface area contributed by atoms with Crippen molar-refractivity contribution in [1.29, 1.82) is 0 Å². The summed E-state index contributed by atoms with van der Waals surface area (Å²) >= 11 is 6.14. The molecule has 6 nitrogen and oxygen atoms in total. The van der Waals surface area contributed by atoms with Gasteiger partial charge in [0.25, 0.3) is 11.8 Å². The normalized spacial score (nSPS) is 12.7. The fourth-order valence-electron chi connectivity index (χ4n) is 3.28. The number of carbonyl (C=O) groups excluding carboxylic acids is 2. The van der Waals surface area contributed by atoms with E-state index in [-0.39, 0.29) is 42.2 Å². The summed E-state index contributed by atoms with van der Waals surface area (Å²) in [5, 5.41) is 2.96. The van der Waals surface area contributed by atoms with Gasteiger partial charge in [0.1, 0.15) is 17.3 Å². The Balaban J connectivity index is 1.50. The lowest BCUT2D eigenvalue weighted by atomic mass is 10.1. The minimum atomic E-state index is -0.504. The molecule has 0 unspecified atom stereocenters. The highest BCUT2D eigenvalue weighted by Gasteiger charge is 2.27. The van der Waals surface area contributed by atoms with Crippen LogP contribution in [0.15, 0.2) is 60.7 Å². The second kappa shape index (κ2) is 9.28. The van der Waals surface area contributed by atoms with Crippen LogP contribution in [0, 0.1) is 12.7 Å². The first-order valence-corrected chi connectivity index (χ1v) is 10.3. The van der Waals surface area contributed by atoms with Gasteiger partial charge >= 0.3 is 0 Å². The third-order valence-electron chi connectivity index (χ3n) is 4.95. The van der Waals surface area contributed by atoms with E-state index in [1.54, 1.807) is 36.4 Å². The second-order valence-corrected chi connectivity index (χ2v) is 7.71. The molecule has 0 saturated carbocycles. The number of hydrogen-bond acceptors (Lipinski definition) is 4. The van der Waals surface area contributed by atoms with Crippen molar-refractivity contribution >= 4 is 34.8 Å². The number of benzene rings is 3. The Hall–Kier alpha value is -3.58. The molecular weight excluding hydrogens is 435 g/mol. The summed E-state index contributed by atoms with van der Waals surface area (Å²) in [6, 6.07) is 16.6. The first-order valence-electron chi connectivity index (χ1n) is 9.90. The quantitative estimate of drug-likeness (QED) is 0.584. The first-order chi connectivity index (χ1) is 15.4. The average Bonchev–Trinajstić information content (AvgIpc) is 2.77. The zero-order valence-electron chi connectivity index (χ0n) is 17.2. The maximum Gasteiger partial charge on any atom is 0.265 e. The molecule has 1 aliphatic rings. The van der Waals surface area contributed by atoms with Crippen molar-refractivity contribution in [2.24, 2.45) is 0 Å². The van der Waals surface area contributed by atoms with Gasteiger partial charge in [0.05, 0.1) is 12.2 Å². The summed E-state index contributed by atoms with van der Waals surface area (Å²) in [5.41, 5.74) is 2.16. The Morgan fingerprint density at radius 3 is 2.72 bits per heavy atom. The van der Waals surface area contributed by atoms with Crippen LogP contribution in [0.5, 0.6) is 11.5 Å². The van der Waals surface area contributed by atoms with Crippen LogP contribution in [0.2, 0.25) is 5.02 Å². The number of ether oxygens (including phenoxy) is 2. The SMILES string of the molecule is Cc1ccc(OCC(=O)Nc2ccc3c(c2)N(Cc2c(F)cccc2Cl)C(=O)CO3)cc1. The molecule has 1 aliphatic heterocycles. The molecule has 32 heavy (non-hydrogen) atoms. The monoisotopic (exact) mass is 454 g/mol. The minimum Gasteiger partial charge on any atom is -0.484 e. The highest BCUT2D eigenvalue weighted by Crippen LogP contribution is 2.36. The Labute approximate surface area is 189 Å². The zero-order chi connectivity index (χ0) is 22.7. The molecule has 0 atom stereocenters. The van der Waals surface area contributed by atoms with Crippen molar-refractivity contribution in [3.05, 3.63) is 82.6 Å². The summed E-state index contributed by atoms with van der Waals surface area (Å²) < 4.78 is 25.3. The summed E-state index contributed by atoms with van der Waals surface area (Å²) in [6.07, 6.45) is 0. The largest absolute Gasteiger partial charge is 0.484 e. The molecule has 0 fully saturated rings. The molecule has 0 aliphatic carbocycles. The van der Waals surface area contributed by atoms with Gasteiger partial charge in [0.2, 0.25) is 0 Å². The van der Waals surface area contributed by atoms with Gasteiger partial charge in [-0.25, -0.2) is 4.39 Å². The number of anilines is 2. The molecule has 2 amide bonds. The van der Waals surface area contributed by atoms with Gasteiger partial charge in [-0.05, 0) is 49.4 Å². The summed E-state index contributed by atoms with van der Waals surface area (Å²) in [6.45, 7) is 1.55. The van der Waals surface area contributed by atoms with E-state index < -0.39 is 5.82 Å². The molecule has 164 valence electrons. The first kappa shape index (κ1) is 21.6. The van der Waals surface area contributed by atoms with Crippen molar-refractivity contribution < 1.29 is 23.5 Å². The summed E-state index contributed by atoms with van der Waals surface area (Å²) in [5.74, 6) is -0.176. The van der Waals surface area contributed by atoms with E-state index in [0.717, 1.165) is 5.56 Å². The molecular formula is C24H20ClFN2O4. The van der Waals surface area contributed by atoms with Crippen LogP contribution >= 0.6 is 11.6 Å². The Kier molecular flexibility index (Phi) is 6.28. The van der Waals surface area contributed by atoms with Gasteiger partial charge in [-0.15, -0.1) is 0 Å². The smallest absolute Gasteiger partial charge is 0.265 e. The lowest BCUT2D eigenvalue weighted by Gasteiger charge is -2.30. The predicted molar refractivity (Wildman–Crippen MR) is 120 cm³/mol. The number of aryl methyl sites for hydroxylation is 1. The number of nitrogens with zero attached hydrogens (tertiary/aromatic N) is 1. The number of carbonyl (C=O) groups is 2. The van der Waals surface area contributed by atoms with Crippen molar-refractivity contribution in [2.75, 3.05) is 23.4 Å². The summed E-state index contributed by atoms with van der Waals surface area (Å²) in [4.78, 5) is 26.3. The van der Waals surface area contributed by atoms with Crippen LogP contribution in [0.1, 0.15) is 11.1 Å². The van der Waals surface area contributed by atoms with E-state index in [1.807, 2.05) is 19.1 Å². The maximum atomic E-state index is 14.3. The van der Waals surface area contributed by atoms with Gasteiger partial charge < -0.3 is 19.7 Å². The van der Waals surface area contributed by atoms with Gasteiger partial charge in [0.15, 0.2) is 13.2 Å². The average molecular weight is 455 g/mol. The standard InChI is InChI=1S/C24H20ClFN2O4/c1-15-5-8-17(9-6-15)31-13-23(29)27-16-7-10-22-21(11-16)28(24(30)14-32-22)12-18-19(25)3-2-4-20(18)26/h2-11H,12-14H2,1H3,(H,27,29). The fraction of sp³-hybridized carbons (Fsp3) is 0.167. The molecule has 0 spiro atoms. The predicted octanol–water partition coefficient (Wildman–Crippen LogP) is 4.73. The van der Waals surface area contributed by atoms with E-state index in [2.05, 4.69) is 5.32 Å². The molecule has 3 aromatic rings. The highest BCUT2D eigenvalue weighted by molar-refractivity contribution is 6.31. The maximum absolute atomic E-state index is 14.3. The second-order valence-electron chi connectivity index (χ2n) is 7.30. The molecule has 8 heteroatoms. The van der Waals surface area contributed by atoms with Crippen LogP contribution in [0.4, 0.5) is 15.8 Å². The van der Waals surface area contributed by atoms with Crippen LogP contribution in [0.3, 0.4) is 0 Å². The molecule has 0 bridgehead atoms. The Morgan fingerprint density at radius 2 is 1.97 bits per heavy atom. The highest BCUT2D eigenvalue weighted by atomic mass is 35.5.